The number of fused-ring (bicyclic) bond motifs is 1. The second kappa shape index (κ2) is 9.34. The van der Waals surface area contributed by atoms with Crippen LogP contribution in [0.5, 0.6) is 5.75 Å². The monoisotopic (exact) mass is 450 g/mol. The average molecular weight is 451 g/mol. The van der Waals surface area contributed by atoms with Gasteiger partial charge in [-0.1, -0.05) is 12.1 Å². The van der Waals surface area contributed by atoms with Crippen LogP contribution in [0.4, 0.5) is 11.4 Å². The first-order valence-corrected chi connectivity index (χ1v) is 12.5. The van der Waals surface area contributed by atoms with Crippen molar-refractivity contribution < 1.29 is 17.9 Å². The lowest BCUT2D eigenvalue weighted by Crippen LogP contribution is -2.47. The number of amides is 1. The van der Waals surface area contributed by atoms with Crippen molar-refractivity contribution in [3.63, 3.8) is 0 Å². The van der Waals surface area contributed by atoms with Crippen molar-refractivity contribution in [1.82, 2.24) is 9.62 Å². The van der Waals surface area contributed by atoms with Crippen LogP contribution in [0.25, 0.3) is 0 Å². The van der Waals surface area contributed by atoms with Crippen molar-refractivity contribution in [2.75, 3.05) is 56.1 Å². The molecule has 0 unspecified atom stereocenters. The SMILES string of the molecule is O=C1COc2c(cccc2N2CCN(CCCCNS(=O)(=O)c3cccs3)CC2)N1. The number of unbranched alkanes of at least 4 members (excludes halogenated alkanes) is 1. The van der Waals surface area contributed by atoms with E-state index in [1.165, 1.54) is 11.3 Å². The van der Waals surface area contributed by atoms with Gasteiger partial charge in [-0.05, 0) is 43.0 Å². The third-order valence-electron chi connectivity index (χ3n) is 5.28. The highest BCUT2D eigenvalue weighted by molar-refractivity contribution is 7.91. The lowest BCUT2D eigenvalue weighted by Gasteiger charge is -2.37. The van der Waals surface area contributed by atoms with Gasteiger partial charge >= 0.3 is 0 Å². The fourth-order valence-electron chi connectivity index (χ4n) is 3.71. The van der Waals surface area contributed by atoms with Crippen LogP contribution in [0.3, 0.4) is 0 Å². The molecule has 0 radical (unpaired) electrons. The highest BCUT2D eigenvalue weighted by Gasteiger charge is 2.24. The van der Waals surface area contributed by atoms with E-state index in [4.69, 9.17) is 4.74 Å². The van der Waals surface area contributed by atoms with E-state index in [1.807, 2.05) is 18.2 Å². The summed E-state index contributed by atoms with van der Waals surface area (Å²) in [5.74, 6) is 0.630. The Labute approximate surface area is 180 Å². The molecule has 162 valence electrons. The highest BCUT2D eigenvalue weighted by Crippen LogP contribution is 2.38. The standard InChI is InChI=1S/C20H26N4O4S2/c25-18-15-28-20-16(22-18)5-3-6-17(20)24-12-10-23(11-13-24)9-2-1-8-21-30(26,27)19-7-4-14-29-19/h3-7,14,21H,1-2,8-13,15H2,(H,22,25). The molecule has 3 heterocycles. The summed E-state index contributed by atoms with van der Waals surface area (Å²) < 4.78 is 32.9. The van der Waals surface area contributed by atoms with E-state index in [2.05, 4.69) is 19.8 Å². The molecule has 1 aromatic carbocycles. The quantitative estimate of drug-likeness (QED) is 0.598. The van der Waals surface area contributed by atoms with Gasteiger partial charge in [0.05, 0.1) is 11.4 Å². The molecule has 1 amide bonds. The maximum absolute atomic E-state index is 12.1. The lowest BCUT2D eigenvalue weighted by molar-refractivity contribution is -0.118. The number of sulfonamides is 1. The summed E-state index contributed by atoms with van der Waals surface area (Å²) in [5, 5.41) is 4.62. The Morgan fingerprint density at radius 3 is 2.70 bits per heavy atom. The zero-order chi connectivity index (χ0) is 21.0. The summed E-state index contributed by atoms with van der Waals surface area (Å²) in [5.41, 5.74) is 1.76. The molecular formula is C20H26N4O4S2. The Morgan fingerprint density at radius 1 is 1.10 bits per heavy atom. The van der Waals surface area contributed by atoms with Crippen LogP contribution in [0.2, 0.25) is 0 Å². The minimum Gasteiger partial charge on any atom is -0.479 e. The van der Waals surface area contributed by atoms with Crippen molar-refractivity contribution in [1.29, 1.82) is 0 Å². The second-order valence-corrected chi connectivity index (χ2v) is 10.3. The molecule has 30 heavy (non-hydrogen) atoms. The molecule has 0 bridgehead atoms. The third-order valence-corrected chi connectivity index (χ3v) is 8.14. The number of ether oxygens (including phenoxy) is 1. The Balaban J connectivity index is 1.20. The number of piperazine rings is 1. The Morgan fingerprint density at radius 2 is 1.93 bits per heavy atom. The number of carbonyl (C=O) groups is 1. The smallest absolute Gasteiger partial charge is 0.262 e. The van der Waals surface area contributed by atoms with Crippen LogP contribution >= 0.6 is 11.3 Å². The van der Waals surface area contributed by atoms with Gasteiger partial charge in [0.1, 0.15) is 4.21 Å². The van der Waals surface area contributed by atoms with E-state index in [0.717, 1.165) is 62.7 Å². The summed E-state index contributed by atoms with van der Waals surface area (Å²) >= 11 is 1.23. The first-order chi connectivity index (χ1) is 14.5. The fourth-order valence-corrected chi connectivity index (χ4v) is 5.83. The molecular weight excluding hydrogens is 424 g/mol. The van der Waals surface area contributed by atoms with Gasteiger partial charge < -0.3 is 15.0 Å². The number of benzene rings is 1. The van der Waals surface area contributed by atoms with Crippen molar-refractivity contribution >= 4 is 38.6 Å². The number of rotatable bonds is 8. The number of nitrogens with one attached hydrogen (secondary N) is 2. The summed E-state index contributed by atoms with van der Waals surface area (Å²) in [6.45, 7) is 5.12. The number of hydrogen-bond acceptors (Lipinski definition) is 7. The number of hydrogen-bond donors (Lipinski definition) is 2. The van der Waals surface area contributed by atoms with Crippen molar-refractivity contribution in [3.05, 3.63) is 35.7 Å². The minimum atomic E-state index is -3.36. The maximum atomic E-state index is 12.1. The normalized spacial score (nSPS) is 17.3. The van der Waals surface area contributed by atoms with E-state index in [0.29, 0.717) is 10.8 Å². The van der Waals surface area contributed by atoms with Crippen molar-refractivity contribution in [2.24, 2.45) is 0 Å². The molecule has 1 fully saturated rings. The number of carbonyl (C=O) groups excluding carboxylic acids is 1. The van der Waals surface area contributed by atoms with Gasteiger partial charge in [-0.2, -0.15) is 0 Å². The number of thiophene rings is 1. The number of nitrogens with zero attached hydrogens (tertiary/aromatic N) is 2. The number of anilines is 2. The molecule has 10 heteroatoms. The number of para-hydroxylation sites is 1. The van der Waals surface area contributed by atoms with Gasteiger partial charge in [0.2, 0.25) is 10.0 Å². The van der Waals surface area contributed by atoms with Gasteiger partial charge in [0, 0.05) is 32.7 Å². The van der Waals surface area contributed by atoms with Crippen LogP contribution in [0.1, 0.15) is 12.8 Å². The van der Waals surface area contributed by atoms with Gasteiger partial charge in [-0.15, -0.1) is 11.3 Å². The van der Waals surface area contributed by atoms with E-state index < -0.39 is 10.0 Å². The lowest BCUT2D eigenvalue weighted by atomic mass is 10.2. The van der Waals surface area contributed by atoms with Gasteiger partial charge in [-0.3, -0.25) is 9.69 Å². The molecule has 0 spiro atoms. The predicted molar refractivity (Wildman–Crippen MR) is 118 cm³/mol. The molecule has 4 rings (SSSR count). The second-order valence-electron chi connectivity index (χ2n) is 7.36. The minimum absolute atomic E-state index is 0.0558. The first kappa shape index (κ1) is 21.1. The average Bonchev–Trinajstić information content (AvgIpc) is 3.29. The van der Waals surface area contributed by atoms with Crippen LogP contribution in [0.15, 0.2) is 39.9 Å². The molecule has 8 nitrogen and oxygen atoms in total. The summed E-state index contributed by atoms with van der Waals surface area (Å²) in [6, 6.07) is 9.19. The fraction of sp³-hybridized carbons (Fsp3) is 0.450. The van der Waals surface area contributed by atoms with E-state index in [9.17, 15) is 13.2 Å². The summed E-state index contributed by atoms with van der Waals surface area (Å²) in [6.07, 6.45) is 1.76. The van der Waals surface area contributed by atoms with Gasteiger partial charge in [-0.25, -0.2) is 13.1 Å². The van der Waals surface area contributed by atoms with Crippen LogP contribution in [-0.2, 0) is 14.8 Å². The zero-order valence-corrected chi connectivity index (χ0v) is 18.3. The maximum Gasteiger partial charge on any atom is 0.262 e. The van der Waals surface area contributed by atoms with E-state index in [-0.39, 0.29) is 12.5 Å². The van der Waals surface area contributed by atoms with Crippen LogP contribution < -0.4 is 19.7 Å². The van der Waals surface area contributed by atoms with E-state index in [1.54, 1.807) is 17.5 Å². The summed E-state index contributed by atoms with van der Waals surface area (Å²) in [7, 11) is -3.36. The zero-order valence-electron chi connectivity index (χ0n) is 16.7. The molecule has 2 aliphatic heterocycles. The molecule has 1 aromatic heterocycles. The Kier molecular flexibility index (Phi) is 6.57. The van der Waals surface area contributed by atoms with E-state index >= 15 is 0 Å². The van der Waals surface area contributed by atoms with Crippen molar-refractivity contribution in [3.8, 4) is 5.75 Å². The molecule has 0 saturated carbocycles. The molecule has 0 aliphatic carbocycles. The van der Waals surface area contributed by atoms with Crippen molar-refractivity contribution in [2.45, 2.75) is 17.1 Å². The summed E-state index contributed by atoms with van der Waals surface area (Å²) in [4.78, 5) is 16.2. The van der Waals surface area contributed by atoms with Gasteiger partial charge in [0.25, 0.3) is 5.91 Å². The predicted octanol–water partition coefficient (Wildman–Crippen LogP) is 1.96. The molecule has 0 atom stereocenters. The first-order valence-electron chi connectivity index (χ1n) is 10.1. The largest absolute Gasteiger partial charge is 0.479 e. The third kappa shape index (κ3) is 4.94. The topological polar surface area (TPSA) is 91.0 Å². The highest BCUT2D eigenvalue weighted by atomic mass is 32.2. The Bertz CT molecular complexity index is 971. The van der Waals surface area contributed by atoms with Gasteiger partial charge in [0.15, 0.2) is 12.4 Å². The molecule has 2 aliphatic rings. The molecule has 1 saturated heterocycles. The molecule has 2 N–H and O–H groups in total. The van der Waals surface area contributed by atoms with Crippen LogP contribution in [-0.4, -0.2) is 65.1 Å². The Hall–Kier alpha value is -2.14. The van der Waals surface area contributed by atoms with Crippen LogP contribution in [0, 0.1) is 0 Å². The molecule has 2 aromatic rings.